The number of rotatable bonds is 31. The van der Waals surface area contributed by atoms with Crippen LogP contribution in [0.2, 0.25) is 0 Å². The van der Waals surface area contributed by atoms with E-state index in [0.29, 0.717) is 36.3 Å². The molecule has 0 bridgehead atoms. The van der Waals surface area contributed by atoms with Gasteiger partial charge in [0.2, 0.25) is 47.3 Å². The number of H-pyrrole nitrogens is 1. The first kappa shape index (κ1) is 56.1. The Labute approximate surface area is 404 Å². The number of nitrogens with two attached hydrogens (primary N) is 3. The molecular formula is C41H60N12O12S3. The largest absolute Gasteiger partial charge is 0.481 e. The molecule has 15 N–H and O–H groups in total. The van der Waals surface area contributed by atoms with Gasteiger partial charge in [0.25, 0.3) is 0 Å². The van der Waals surface area contributed by atoms with E-state index in [1.165, 1.54) is 26.5 Å². The van der Waals surface area contributed by atoms with Gasteiger partial charge in [-0.3, -0.25) is 52.9 Å². The number of unbranched alkanes of at least 4 members (excludes halogenated alkanes) is 1. The Morgan fingerprint density at radius 3 is 2.18 bits per heavy atom. The second-order valence-corrected chi connectivity index (χ2v) is 18.5. The van der Waals surface area contributed by atoms with Gasteiger partial charge in [0.15, 0.2) is 5.96 Å². The molecule has 1 saturated heterocycles. The number of amides is 8. The Morgan fingerprint density at radius 1 is 0.794 bits per heavy atom. The van der Waals surface area contributed by atoms with Gasteiger partial charge in [0, 0.05) is 73.3 Å². The molecule has 8 amide bonds. The third kappa shape index (κ3) is 19.9. The topological polar surface area (TPSA) is 393 Å². The fraction of sp³-hybridized carbons (Fsp3) is 0.537. The number of likely N-dealkylation sites (tertiary alicyclic amines) is 1. The molecule has 0 radical (unpaired) electrons. The number of carboxylic acid groups (broad SMARTS) is 2. The number of nitrogens with zero attached hydrogens (tertiary/aromatic N) is 2. The van der Waals surface area contributed by atoms with Crippen LogP contribution in [-0.2, 0) is 54.4 Å². The van der Waals surface area contributed by atoms with Gasteiger partial charge in [-0.2, -0.15) is 12.6 Å². The number of guanidine groups is 1. The number of primary amides is 1. The van der Waals surface area contributed by atoms with E-state index < -0.39 is 96.5 Å². The first-order chi connectivity index (χ1) is 32.4. The number of benzene rings is 1. The van der Waals surface area contributed by atoms with Crippen molar-refractivity contribution >= 4 is 110 Å². The highest BCUT2D eigenvalue weighted by Gasteiger charge is 2.40. The second kappa shape index (κ2) is 29.5. The molecule has 68 heavy (non-hydrogen) atoms. The van der Waals surface area contributed by atoms with Crippen LogP contribution >= 0.6 is 34.2 Å². The summed E-state index contributed by atoms with van der Waals surface area (Å²) in [7, 11) is 2.67. The highest BCUT2D eigenvalue weighted by atomic mass is 33.1. The standard InChI is InChI=1S/C41H60N12O12S3/c42-36(61)29(22-66)52-39(64)30-9-5-15-53(30)40(65)28(18-23-20-47-25-7-2-1-6-24(23)25)51-38(63)27(19-35(59)60)50-33(56)21-48-37(62)26(8-3-4-13-46-41(43)44)49-32(55)10-14-45-31(54)11-16-67-68-17-12-34(57)58/h1-2,6-7,20,26-30,47,66H,3-5,8-19,21-22H2,(H2,42,61)(H,45,54)(H,48,62)(H,49,55)(H,50,56)(H,51,63)(H,52,64)(H,57,58)(H,59,60)(H4,43,44,46)/t26-,27-,28-,29-,30-/m0/s1. The van der Waals surface area contributed by atoms with E-state index in [1.54, 1.807) is 30.5 Å². The number of aliphatic carboxylic acids is 2. The van der Waals surface area contributed by atoms with Crippen LogP contribution in [0, 0.1) is 0 Å². The van der Waals surface area contributed by atoms with Gasteiger partial charge in [-0.15, -0.1) is 0 Å². The molecule has 2 aromatic rings. The van der Waals surface area contributed by atoms with Gasteiger partial charge >= 0.3 is 11.9 Å². The van der Waals surface area contributed by atoms with E-state index in [9.17, 15) is 53.1 Å². The number of carboxylic acids is 2. The number of aromatic nitrogens is 1. The number of aliphatic imine (C=N–C) groups is 1. The van der Waals surface area contributed by atoms with Crippen LogP contribution in [0.15, 0.2) is 35.5 Å². The van der Waals surface area contributed by atoms with Crippen LogP contribution in [0.4, 0.5) is 0 Å². The smallest absolute Gasteiger partial charge is 0.305 e. The van der Waals surface area contributed by atoms with Gasteiger partial charge < -0.3 is 69.2 Å². The van der Waals surface area contributed by atoms with Crippen molar-refractivity contribution in [1.82, 2.24) is 41.8 Å². The van der Waals surface area contributed by atoms with E-state index in [2.05, 4.69) is 54.5 Å². The molecule has 1 aliphatic rings. The Balaban J connectivity index is 1.69. The Kier molecular flexibility index (Phi) is 24.4. The maximum Gasteiger partial charge on any atom is 0.305 e. The zero-order valence-electron chi connectivity index (χ0n) is 37.2. The van der Waals surface area contributed by atoms with Crippen LogP contribution in [0.25, 0.3) is 10.9 Å². The molecule has 1 aromatic heterocycles. The zero-order chi connectivity index (χ0) is 50.2. The molecule has 1 aliphatic heterocycles. The summed E-state index contributed by atoms with van der Waals surface area (Å²) in [5, 5.41) is 34.2. The third-order valence-electron chi connectivity index (χ3n) is 10.3. The molecule has 0 aliphatic carbocycles. The number of aromatic amines is 1. The van der Waals surface area contributed by atoms with Crippen molar-refractivity contribution in [3.8, 4) is 0 Å². The predicted octanol–water partition coefficient (Wildman–Crippen LogP) is -2.16. The first-order valence-corrected chi connectivity index (χ1v) is 24.7. The minimum absolute atomic E-state index is 0.000747. The molecule has 0 saturated carbocycles. The van der Waals surface area contributed by atoms with Crippen molar-refractivity contribution < 1.29 is 58.2 Å². The average Bonchev–Trinajstić information content (AvgIpc) is 3.95. The summed E-state index contributed by atoms with van der Waals surface area (Å²) in [6.45, 7) is -0.461. The minimum Gasteiger partial charge on any atom is -0.481 e. The molecule has 2 heterocycles. The second-order valence-electron chi connectivity index (χ2n) is 15.5. The maximum atomic E-state index is 14.3. The lowest BCUT2D eigenvalue weighted by Crippen LogP contribution is -2.59. The van der Waals surface area contributed by atoms with E-state index in [4.69, 9.17) is 22.3 Å². The van der Waals surface area contributed by atoms with E-state index >= 15 is 0 Å². The first-order valence-electron chi connectivity index (χ1n) is 21.6. The molecule has 24 nitrogen and oxygen atoms in total. The van der Waals surface area contributed by atoms with Gasteiger partial charge in [-0.1, -0.05) is 39.8 Å². The predicted molar refractivity (Wildman–Crippen MR) is 257 cm³/mol. The summed E-state index contributed by atoms with van der Waals surface area (Å²) in [5.41, 5.74) is 17.5. The Bertz CT molecular complexity index is 2140. The van der Waals surface area contributed by atoms with Crippen molar-refractivity contribution in [3.05, 3.63) is 36.0 Å². The number of carbonyl (C=O) groups excluding carboxylic acids is 8. The molecule has 1 aromatic carbocycles. The van der Waals surface area contributed by atoms with Crippen molar-refractivity contribution in [2.45, 2.75) is 94.4 Å². The fourth-order valence-electron chi connectivity index (χ4n) is 6.88. The van der Waals surface area contributed by atoms with E-state index in [-0.39, 0.29) is 75.8 Å². The maximum absolute atomic E-state index is 14.3. The molecule has 0 spiro atoms. The van der Waals surface area contributed by atoms with Gasteiger partial charge in [-0.25, -0.2) is 0 Å². The summed E-state index contributed by atoms with van der Waals surface area (Å²) < 4.78 is 0. The zero-order valence-corrected chi connectivity index (χ0v) is 39.7. The van der Waals surface area contributed by atoms with E-state index in [0.717, 1.165) is 10.9 Å². The summed E-state index contributed by atoms with van der Waals surface area (Å²) in [5.74, 6) is -7.74. The summed E-state index contributed by atoms with van der Waals surface area (Å²) in [6.07, 6.45) is 2.02. The number of fused-ring (bicyclic) bond motifs is 1. The lowest BCUT2D eigenvalue weighted by molar-refractivity contribution is -0.143. The Morgan fingerprint density at radius 2 is 1.50 bits per heavy atom. The normalized spacial score (nSPS) is 14.9. The monoisotopic (exact) mass is 1010 g/mol. The lowest BCUT2D eigenvalue weighted by Gasteiger charge is -2.30. The Hall–Kier alpha value is -6.22. The number of hydrogen-bond acceptors (Lipinski definition) is 14. The van der Waals surface area contributed by atoms with E-state index in [1.807, 2.05) is 0 Å². The summed E-state index contributed by atoms with van der Waals surface area (Å²) >= 11 is 4.06. The SMILES string of the molecule is NC(=O)[C@H](CS)NC(=O)[C@@H]1CCCN1C(=O)[C@H](Cc1c[nH]c2ccccc12)NC(=O)[C@H](CC(=O)O)NC(=O)CNC(=O)[C@H](CCCCN=C(N)N)NC(=O)CCNC(=O)CCSSCCC(=O)O. The molecule has 1 fully saturated rings. The van der Waals surface area contributed by atoms with Crippen molar-refractivity contribution in [1.29, 1.82) is 0 Å². The number of para-hydroxylation sites is 1. The molecule has 27 heteroatoms. The fourth-order valence-corrected chi connectivity index (χ4v) is 9.12. The van der Waals surface area contributed by atoms with Crippen LogP contribution in [0.3, 0.4) is 0 Å². The summed E-state index contributed by atoms with van der Waals surface area (Å²) in [6, 6.07) is 0.702. The lowest BCUT2D eigenvalue weighted by atomic mass is 10.0. The highest BCUT2D eigenvalue weighted by molar-refractivity contribution is 8.76. The minimum atomic E-state index is -1.75. The van der Waals surface area contributed by atoms with Crippen LogP contribution < -0.4 is 49.1 Å². The average molecular weight is 1010 g/mol. The number of carbonyl (C=O) groups is 10. The van der Waals surface area contributed by atoms with Crippen LogP contribution in [0.1, 0.15) is 63.4 Å². The molecule has 3 rings (SSSR count). The molecule has 0 unspecified atom stereocenters. The summed E-state index contributed by atoms with van der Waals surface area (Å²) in [4.78, 5) is 136. The molecule has 374 valence electrons. The highest BCUT2D eigenvalue weighted by Crippen LogP contribution is 2.24. The quantitative estimate of drug-likeness (QED) is 0.0126. The molecular weight excluding hydrogens is 949 g/mol. The number of nitrogens with one attached hydrogen (secondary N) is 7. The van der Waals surface area contributed by atoms with Crippen LogP contribution in [0.5, 0.6) is 0 Å². The number of hydrogen-bond donors (Lipinski definition) is 13. The molecule has 5 atom stereocenters. The van der Waals surface area contributed by atoms with Gasteiger partial charge in [-0.05, 0) is 43.7 Å². The van der Waals surface area contributed by atoms with Crippen molar-refractivity contribution in [3.63, 3.8) is 0 Å². The van der Waals surface area contributed by atoms with Gasteiger partial charge in [0.1, 0.15) is 30.2 Å². The van der Waals surface area contributed by atoms with Crippen molar-refractivity contribution in [2.24, 2.45) is 22.2 Å². The van der Waals surface area contributed by atoms with Gasteiger partial charge in [0.05, 0.1) is 19.4 Å². The third-order valence-corrected chi connectivity index (χ3v) is 13.0. The number of thiol groups is 1. The van der Waals surface area contributed by atoms with Crippen molar-refractivity contribution in [2.75, 3.05) is 43.4 Å². The van der Waals surface area contributed by atoms with Crippen LogP contribution in [-0.4, -0.2) is 159 Å².